The molecule has 3 heteroatoms. The second kappa shape index (κ2) is 12.6. The number of rotatable bonds is 13. The summed E-state index contributed by atoms with van der Waals surface area (Å²) >= 11 is 1.33. The lowest BCUT2D eigenvalue weighted by Crippen LogP contribution is -2.31. The zero-order chi connectivity index (χ0) is 28.3. The molecule has 212 valence electrons. The van der Waals surface area contributed by atoms with Crippen LogP contribution in [0.5, 0.6) is 0 Å². The first kappa shape index (κ1) is 29.0. The molecule has 4 aromatic rings. The van der Waals surface area contributed by atoms with Crippen molar-refractivity contribution in [1.29, 1.82) is 0 Å². The summed E-state index contributed by atoms with van der Waals surface area (Å²) in [6.07, 6.45) is 12.9. The first-order valence-electron chi connectivity index (χ1n) is 15.9. The minimum atomic E-state index is 0.0552. The number of benzene rings is 3. The Hall–Kier alpha value is -2.52. The van der Waals surface area contributed by atoms with Crippen LogP contribution in [0, 0.1) is 25.7 Å². The van der Waals surface area contributed by atoms with Crippen molar-refractivity contribution < 1.29 is 0 Å². The van der Waals surface area contributed by atoms with Crippen LogP contribution in [0.25, 0.3) is 33.3 Å². The van der Waals surface area contributed by atoms with Crippen LogP contribution in [0.15, 0.2) is 48.5 Å². The molecule has 0 saturated carbocycles. The van der Waals surface area contributed by atoms with E-state index in [1.165, 1.54) is 109 Å². The van der Waals surface area contributed by atoms with Crippen molar-refractivity contribution in [2.45, 2.75) is 111 Å². The normalized spacial score (nSPS) is 17.6. The van der Waals surface area contributed by atoms with E-state index in [0.29, 0.717) is 0 Å². The summed E-state index contributed by atoms with van der Waals surface area (Å²) in [6, 6.07) is 19.1. The fourth-order valence-electron chi connectivity index (χ4n) is 7.40. The largest absolute Gasteiger partial charge is 0.173 e. The van der Waals surface area contributed by atoms with Crippen LogP contribution in [0.2, 0.25) is 0 Å². The van der Waals surface area contributed by atoms with Crippen LogP contribution < -0.4 is 0 Å². The van der Waals surface area contributed by atoms with E-state index in [9.17, 15) is 0 Å². The lowest BCUT2D eigenvalue weighted by atomic mass is 9.65. The monoisotopic (exact) mass is 552 g/mol. The van der Waals surface area contributed by atoms with Gasteiger partial charge in [-0.1, -0.05) is 127 Å². The van der Waals surface area contributed by atoms with Crippen LogP contribution in [0.3, 0.4) is 0 Å². The van der Waals surface area contributed by atoms with E-state index in [0.717, 1.165) is 22.9 Å². The fourth-order valence-corrected chi connectivity index (χ4v) is 8.01. The van der Waals surface area contributed by atoms with E-state index in [2.05, 4.69) is 94.4 Å². The van der Waals surface area contributed by atoms with Gasteiger partial charge in [0.2, 0.25) is 0 Å². The van der Waals surface area contributed by atoms with Gasteiger partial charge in [0.25, 0.3) is 0 Å². The molecule has 0 saturated heterocycles. The number of nitrogens with zero attached hydrogens (tertiary/aromatic N) is 2. The first-order chi connectivity index (χ1) is 19.4. The molecule has 0 N–H and O–H groups in total. The minimum absolute atomic E-state index is 0.0552. The minimum Gasteiger partial charge on any atom is -0.173 e. The smallest absolute Gasteiger partial charge is 0.112 e. The molecule has 2 unspecified atom stereocenters. The van der Waals surface area contributed by atoms with Crippen molar-refractivity contribution in [1.82, 2.24) is 8.75 Å². The topological polar surface area (TPSA) is 25.8 Å². The lowest BCUT2D eigenvalue weighted by molar-refractivity contribution is 0.266. The molecule has 0 bridgehead atoms. The third-order valence-corrected chi connectivity index (χ3v) is 10.3. The SMILES string of the molecule is CCCCC(CC)CC1(CC(CC)CCCC)c2cc(C)ccc2-c2ccc(-c3ccc(C)c4nsnc34)cc21. The van der Waals surface area contributed by atoms with Crippen molar-refractivity contribution in [3.05, 3.63) is 70.8 Å². The Labute approximate surface area is 247 Å². The highest BCUT2D eigenvalue weighted by Gasteiger charge is 2.45. The molecular formula is C37H48N2S. The summed E-state index contributed by atoms with van der Waals surface area (Å²) in [5, 5.41) is 0. The van der Waals surface area contributed by atoms with Gasteiger partial charge < -0.3 is 0 Å². The predicted octanol–water partition coefficient (Wildman–Crippen LogP) is 11.5. The zero-order valence-corrected chi connectivity index (χ0v) is 26.5. The maximum atomic E-state index is 4.76. The van der Waals surface area contributed by atoms with Gasteiger partial charge in [-0.25, -0.2) is 0 Å². The lowest BCUT2D eigenvalue weighted by Gasteiger charge is -2.39. The quantitative estimate of drug-likeness (QED) is 0.165. The second-order valence-electron chi connectivity index (χ2n) is 12.5. The average molecular weight is 553 g/mol. The average Bonchev–Trinajstić information content (AvgIpc) is 3.56. The van der Waals surface area contributed by atoms with Gasteiger partial charge in [0.05, 0.1) is 11.7 Å². The van der Waals surface area contributed by atoms with Crippen molar-refractivity contribution in [3.63, 3.8) is 0 Å². The molecule has 2 atom stereocenters. The molecular weight excluding hydrogens is 504 g/mol. The van der Waals surface area contributed by atoms with Crippen molar-refractivity contribution in [2.24, 2.45) is 11.8 Å². The Balaban J connectivity index is 1.72. The third-order valence-electron chi connectivity index (χ3n) is 9.80. The fraction of sp³-hybridized carbons (Fsp3) is 0.514. The van der Waals surface area contributed by atoms with E-state index in [4.69, 9.17) is 4.37 Å². The number of aromatic nitrogens is 2. The van der Waals surface area contributed by atoms with E-state index >= 15 is 0 Å². The molecule has 1 aromatic heterocycles. The molecule has 0 fully saturated rings. The number of unbranched alkanes of at least 4 members (excludes halogenated alkanes) is 2. The van der Waals surface area contributed by atoms with Gasteiger partial charge in [0.1, 0.15) is 11.0 Å². The van der Waals surface area contributed by atoms with E-state index in [1.807, 2.05) is 0 Å². The summed E-state index contributed by atoms with van der Waals surface area (Å²) in [4.78, 5) is 0. The van der Waals surface area contributed by atoms with Crippen LogP contribution in [0.4, 0.5) is 0 Å². The highest BCUT2D eigenvalue weighted by Crippen LogP contribution is 2.57. The second-order valence-corrected chi connectivity index (χ2v) is 13.1. The number of aryl methyl sites for hydroxylation is 2. The maximum Gasteiger partial charge on any atom is 0.112 e. The summed E-state index contributed by atoms with van der Waals surface area (Å²) in [6.45, 7) is 13.9. The molecule has 1 aliphatic rings. The predicted molar refractivity (Wildman–Crippen MR) is 174 cm³/mol. The molecule has 40 heavy (non-hydrogen) atoms. The van der Waals surface area contributed by atoms with Crippen LogP contribution in [-0.2, 0) is 5.41 Å². The van der Waals surface area contributed by atoms with Gasteiger partial charge in [-0.2, -0.15) is 8.75 Å². The van der Waals surface area contributed by atoms with Crippen molar-refractivity contribution >= 4 is 22.8 Å². The van der Waals surface area contributed by atoms with Gasteiger partial charge >= 0.3 is 0 Å². The van der Waals surface area contributed by atoms with E-state index in [1.54, 1.807) is 11.1 Å². The van der Waals surface area contributed by atoms with Gasteiger partial charge in [0, 0.05) is 11.0 Å². The van der Waals surface area contributed by atoms with Crippen molar-refractivity contribution in [2.75, 3.05) is 0 Å². The zero-order valence-electron chi connectivity index (χ0n) is 25.6. The molecule has 0 spiro atoms. The maximum absolute atomic E-state index is 4.76. The molecule has 0 radical (unpaired) electrons. The van der Waals surface area contributed by atoms with Gasteiger partial charge in [-0.15, -0.1) is 0 Å². The molecule has 0 aliphatic heterocycles. The number of hydrogen-bond donors (Lipinski definition) is 0. The number of fused-ring (bicyclic) bond motifs is 4. The number of hydrogen-bond acceptors (Lipinski definition) is 3. The van der Waals surface area contributed by atoms with E-state index < -0.39 is 0 Å². The summed E-state index contributed by atoms with van der Waals surface area (Å²) < 4.78 is 9.39. The van der Waals surface area contributed by atoms with Crippen LogP contribution in [0.1, 0.15) is 114 Å². The highest BCUT2D eigenvalue weighted by atomic mass is 32.1. The Morgan fingerprint density at radius 3 is 1.88 bits per heavy atom. The Morgan fingerprint density at radius 2 is 1.25 bits per heavy atom. The molecule has 2 nitrogen and oxygen atoms in total. The summed E-state index contributed by atoms with van der Waals surface area (Å²) in [5.41, 5.74) is 13.3. The molecule has 1 aliphatic carbocycles. The van der Waals surface area contributed by atoms with Crippen LogP contribution >= 0.6 is 11.7 Å². The molecule has 0 amide bonds. The van der Waals surface area contributed by atoms with Gasteiger partial charge in [-0.05, 0) is 78.0 Å². The Bertz CT molecular complexity index is 1430. The summed E-state index contributed by atoms with van der Waals surface area (Å²) in [7, 11) is 0. The van der Waals surface area contributed by atoms with Gasteiger partial charge in [-0.3, -0.25) is 0 Å². The van der Waals surface area contributed by atoms with Crippen LogP contribution in [-0.4, -0.2) is 8.75 Å². The first-order valence-corrected chi connectivity index (χ1v) is 16.7. The van der Waals surface area contributed by atoms with Crippen molar-refractivity contribution in [3.8, 4) is 22.3 Å². The Morgan fingerprint density at radius 1 is 0.675 bits per heavy atom. The Kier molecular flexibility index (Phi) is 9.10. The third kappa shape index (κ3) is 5.39. The highest BCUT2D eigenvalue weighted by molar-refractivity contribution is 7.00. The summed E-state index contributed by atoms with van der Waals surface area (Å²) in [5.74, 6) is 1.47. The molecule has 3 aromatic carbocycles. The van der Waals surface area contributed by atoms with Gasteiger partial charge in [0.15, 0.2) is 0 Å². The molecule has 1 heterocycles. The van der Waals surface area contributed by atoms with E-state index in [-0.39, 0.29) is 5.41 Å². The molecule has 5 rings (SSSR count). The standard InChI is InChI=1S/C37H48N2S/c1-7-11-13-27(9-3)23-37(24-28(10-4)14-12-8-2)33-21-25(5)15-18-31(33)32-20-17-29(22-34(32)37)30-19-16-26(6)35-36(30)39-40-38-35/h15-22,27-28H,7-14,23-24H2,1-6H3.